The van der Waals surface area contributed by atoms with E-state index in [0.717, 1.165) is 11.1 Å². The topological polar surface area (TPSA) is 148 Å². The Morgan fingerprint density at radius 3 is 2.00 bits per heavy atom. The molecule has 0 aromatic heterocycles. The van der Waals surface area contributed by atoms with E-state index in [1.807, 2.05) is 72.8 Å². The van der Waals surface area contributed by atoms with Gasteiger partial charge in [0.2, 0.25) is 6.79 Å². The van der Waals surface area contributed by atoms with Crippen molar-refractivity contribution in [2.45, 2.75) is 56.4 Å². The van der Waals surface area contributed by atoms with Gasteiger partial charge >= 0.3 is 18.0 Å². The van der Waals surface area contributed by atoms with E-state index in [1.165, 1.54) is 7.11 Å². The molecule has 258 valence electrons. The summed E-state index contributed by atoms with van der Waals surface area (Å²) in [5.74, 6) is -1.42. The van der Waals surface area contributed by atoms with Crippen molar-refractivity contribution < 1.29 is 52.6 Å². The minimum absolute atomic E-state index is 0.0575. The molecule has 3 aromatic carbocycles. The highest BCUT2D eigenvalue weighted by atomic mass is 16.7. The fraction of sp³-hybridized carbons (Fsp3) is 0.378. The van der Waals surface area contributed by atoms with E-state index in [4.69, 9.17) is 33.2 Å². The molecule has 7 atom stereocenters. The second-order valence-corrected chi connectivity index (χ2v) is 12.0. The molecule has 0 unspecified atom stereocenters. The number of anilines is 1. The molecule has 3 heterocycles. The van der Waals surface area contributed by atoms with Crippen LogP contribution in [0.5, 0.6) is 11.5 Å². The summed E-state index contributed by atoms with van der Waals surface area (Å²) in [5, 5.41) is 13.0. The summed E-state index contributed by atoms with van der Waals surface area (Å²) < 4.78 is 40.3. The third-order valence-corrected chi connectivity index (χ3v) is 8.69. The number of allylic oxidation sites excluding steroid dienone is 2. The Labute approximate surface area is 283 Å². The number of aliphatic hydroxyl groups is 1. The number of carbonyl (C=O) groups is 3. The van der Waals surface area contributed by atoms with Crippen molar-refractivity contribution in [2.24, 2.45) is 11.8 Å². The molecule has 12 heteroatoms. The minimum atomic E-state index is -1.39. The molecule has 3 aromatic rings. The number of benzene rings is 3. The van der Waals surface area contributed by atoms with Gasteiger partial charge in [0.05, 0.1) is 18.4 Å². The van der Waals surface area contributed by atoms with E-state index < -0.39 is 67.2 Å². The smallest absolute Gasteiger partial charge is 0.412 e. The molecule has 3 aliphatic heterocycles. The van der Waals surface area contributed by atoms with Crippen molar-refractivity contribution in [1.29, 1.82) is 0 Å². The fourth-order valence-electron chi connectivity index (χ4n) is 6.17. The molecular formula is C37H39NO11. The van der Waals surface area contributed by atoms with Crippen LogP contribution >= 0.6 is 0 Å². The molecular weight excluding hydrogens is 634 g/mol. The molecule has 1 saturated heterocycles. The van der Waals surface area contributed by atoms with Crippen molar-refractivity contribution in [2.75, 3.05) is 25.8 Å². The molecule has 6 rings (SSSR count). The second kappa shape index (κ2) is 16.0. The number of aliphatic hydroxyl groups excluding tert-OH is 1. The Bertz CT molecular complexity index is 1620. The molecule has 0 aliphatic carbocycles. The van der Waals surface area contributed by atoms with Crippen LogP contribution < -0.4 is 14.8 Å². The highest BCUT2D eigenvalue weighted by Gasteiger charge is 2.53. The predicted molar refractivity (Wildman–Crippen MR) is 175 cm³/mol. The molecule has 12 nitrogen and oxygen atoms in total. The van der Waals surface area contributed by atoms with Crippen LogP contribution in [-0.4, -0.2) is 74.4 Å². The lowest BCUT2D eigenvalue weighted by Crippen LogP contribution is -2.63. The summed E-state index contributed by atoms with van der Waals surface area (Å²) in [6, 6.07) is 23.9. The lowest BCUT2D eigenvalue weighted by atomic mass is 9.92. The molecule has 1 amide bonds. The molecule has 3 aliphatic rings. The van der Waals surface area contributed by atoms with Gasteiger partial charge in [-0.15, -0.1) is 0 Å². The van der Waals surface area contributed by atoms with Crippen molar-refractivity contribution in [1.82, 2.24) is 0 Å². The first-order valence-corrected chi connectivity index (χ1v) is 16.2. The average molecular weight is 674 g/mol. The number of fused-ring (bicyclic) bond motifs is 2. The molecule has 2 N–H and O–H groups in total. The van der Waals surface area contributed by atoms with Crippen LogP contribution in [0.15, 0.2) is 91.0 Å². The van der Waals surface area contributed by atoms with Gasteiger partial charge in [0, 0.05) is 18.9 Å². The van der Waals surface area contributed by atoms with E-state index in [-0.39, 0.29) is 6.79 Å². The molecule has 0 saturated carbocycles. The summed E-state index contributed by atoms with van der Waals surface area (Å²) in [6.45, 7) is -0.564. The zero-order chi connectivity index (χ0) is 34.2. The molecule has 0 bridgehead atoms. The van der Waals surface area contributed by atoms with Gasteiger partial charge in [-0.2, -0.15) is 0 Å². The van der Waals surface area contributed by atoms with Crippen molar-refractivity contribution in [3.63, 3.8) is 0 Å². The Kier molecular flexibility index (Phi) is 11.1. The summed E-state index contributed by atoms with van der Waals surface area (Å²) in [4.78, 5) is 41.1. The maximum absolute atomic E-state index is 14.0. The maximum Gasteiger partial charge on any atom is 0.412 e. The third kappa shape index (κ3) is 8.40. The van der Waals surface area contributed by atoms with Gasteiger partial charge in [0.1, 0.15) is 6.10 Å². The zero-order valence-corrected chi connectivity index (χ0v) is 27.0. The maximum atomic E-state index is 14.0. The Balaban J connectivity index is 1.31. The van der Waals surface area contributed by atoms with Gasteiger partial charge in [-0.3, -0.25) is 14.9 Å². The number of amides is 1. The third-order valence-electron chi connectivity index (χ3n) is 8.69. The number of rotatable bonds is 8. The first-order valence-electron chi connectivity index (χ1n) is 16.2. The highest BCUT2D eigenvalue weighted by Crippen LogP contribution is 2.35. The van der Waals surface area contributed by atoms with E-state index >= 15 is 0 Å². The predicted octanol–water partition coefficient (Wildman–Crippen LogP) is 4.59. The van der Waals surface area contributed by atoms with Gasteiger partial charge in [0.15, 0.2) is 36.1 Å². The zero-order valence-electron chi connectivity index (χ0n) is 27.0. The molecule has 49 heavy (non-hydrogen) atoms. The SMILES string of the molecule is CO[C@H]1O[C@H](CO)[C@@H](OC(=O)Nc2ccc3c(c2)OCO3)[C@@H]2OC(=O)[C@@H](Cc3ccccc3)CC=CC[C@H](Cc3ccccc3)C(=O)O[C@H]12. The van der Waals surface area contributed by atoms with Crippen LogP contribution in [0.2, 0.25) is 0 Å². The Morgan fingerprint density at radius 2 is 1.41 bits per heavy atom. The molecule has 0 radical (unpaired) electrons. The van der Waals surface area contributed by atoms with Gasteiger partial charge in [0.25, 0.3) is 0 Å². The highest BCUT2D eigenvalue weighted by molar-refractivity contribution is 5.85. The number of esters is 2. The number of hydrogen-bond acceptors (Lipinski definition) is 11. The quantitative estimate of drug-likeness (QED) is 0.197. The summed E-state index contributed by atoms with van der Waals surface area (Å²) in [7, 11) is 1.35. The number of methoxy groups -OCH3 is 1. The van der Waals surface area contributed by atoms with Crippen molar-refractivity contribution in [3.8, 4) is 11.5 Å². The normalized spacial score (nSPS) is 26.7. The molecule has 1 fully saturated rings. The summed E-state index contributed by atoms with van der Waals surface area (Å²) >= 11 is 0. The van der Waals surface area contributed by atoms with Crippen LogP contribution in [-0.2, 0) is 46.1 Å². The van der Waals surface area contributed by atoms with Crippen molar-refractivity contribution in [3.05, 3.63) is 102 Å². The summed E-state index contributed by atoms with van der Waals surface area (Å²) in [5.41, 5.74) is 2.22. The van der Waals surface area contributed by atoms with E-state index in [1.54, 1.807) is 18.2 Å². The first-order chi connectivity index (χ1) is 23.9. The monoisotopic (exact) mass is 673 g/mol. The first kappa shape index (κ1) is 34.0. The Morgan fingerprint density at radius 1 is 0.816 bits per heavy atom. The van der Waals surface area contributed by atoms with Crippen molar-refractivity contribution >= 4 is 23.7 Å². The van der Waals surface area contributed by atoms with Crippen LogP contribution in [0.25, 0.3) is 0 Å². The Hall–Kier alpha value is -4.91. The van der Waals surface area contributed by atoms with E-state index in [9.17, 15) is 19.5 Å². The van der Waals surface area contributed by atoms with Gasteiger partial charge in [-0.25, -0.2) is 4.79 Å². The van der Waals surface area contributed by atoms with Gasteiger partial charge in [-0.05, 0) is 48.9 Å². The molecule has 0 spiro atoms. The number of nitrogens with one attached hydrogen (secondary N) is 1. The van der Waals surface area contributed by atoms with Crippen LogP contribution in [0.4, 0.5) is 10.5 Å². The summed E-state index contributed by atoms with van der Waals surface area (Å²) in [6.07, 6.45) is -2.28. The lowest BCUT2D eigenvalue weighted by molar-refractivity contribution is -0.300. The lowest BCUT2D eigenvalue weighted by Gasteiger charge is -2.44. The number of hydrogen-bond donors (Lipinski definition) is 2. The van der Waals surface area contributed by atoms with Crippen LogP contribution in [0, 0.1) is 11.8 Å². The van der Waals surface area contributed by atoms with Gasteiger partial charge in [-0.1, -0.05) is 72.8 Å². The minimum Gasteiger partial charge on any atom is -0.454 e. The van der Waals surface area contributed by atoms with E-state index in [0.29, 0.717) is 42.9 Å². The van der Waals surface area contributed by atoms with E-state index in [2.05, 4.69) is 5.32 Å². The number of carbonyl (C=O) groups excluding carboxylic acids is 3. The fourth-order valence-corrected chi connectivity index (χ4v) is 6.17. The largest absolute Gasteiger partial charge is 0.454 e. The second-order valence-electron chi connectivity index (χ2n) is 12.0. The van der Waals surface area contributed by atoms with Crippen LogP contribution in [0.1, 0.15) is 24.0 Å². The van der Waals surface area contributed by atoms with Gasteiger partial charge < -0.3 is 38.3 Å². The number of ether oxygens (including phenoxy) is 7. The van der Waals surface area contributed by atoms with Crippen LogP contribution in [0.3, 0.4) is 0 Å². The average Bonchev–Trinajstić information content (AvgIpc) is 3.59. The standard InChI is InChI=1S/C37H39NO11/c1-43-36-33-32(31(30(21-39)46-36)49-37(42)38-27-16-17-28-29(20-27)45-22-44-28)47-34(40)25(18-23-10-4-2-5-11-23)14-8-9-15-26(35(41)48-33)19-24-12-6-3-7-13-24/h2-13,16-17,20,25-26,30-33,36,39H,14-15,18-19,21-22H2,1H3,(H,38,42)/t25-,26-,30-,31-,32+,33+,36+/m1/s1.